The fourth-order valence-corrected chi connectivity index (χ4v) is 4.02. The molecular weight excluding hydrogens is 398 g/mol. The molecule has 0 aromatic heterocycles. The second-order valence-corrected chi connectivity index (χ2v) is 7.91. The van der Waals surface area contributed by atoms with Gasteiger partial charge in [-0.25, -0.2) is 0 Å². The van der Waals surface area contributed by atoms with Crippen LogP contribution in [0.1, 0.15) is 18.4 Å². The zero-order chi connectivity index (χ0) is 18.5. The van der Waals surface area contributed by atoms with Gasteiger partial charge in [0.25, 0.3) is 0 Å². The van der Waals surface area contributed by atoms with Gasteiger partial charge in [-0.3, -0.25) is 14.5 Å². The maximum Gasteiger partial charge on any atom is 0.238 e. The second kappa shape index (κ2) is 8.97. The van der Waals surface area contributed by atoms with E-state index in [2.05, 4.69) is 26.1 Å². The zero-order valence-electron chi connectivity index (χ0n) is 15.2. The number of carbonyl (C=O) groups excluding carboxylic acids is 2. The van der Waals surface area contributed by atoms with E-state index >= 15 is 0 Å². The number of morpholine rings is 1. The number of anilines is 1. The first-order chi connectivity index (χ1) is 12.5. The normalized spacial score (nSPS) is 19.4. The molecule has 0 bridgehead atoms. The van der Waals surface area contributed by atoms with Gasteiger partial charge in [0.1, 0.15) is 0 Å². The van der Waals surface area contributed by atoms with E-state index in [0.29, 0.717) is 32.8 Å². The van der Waals surface area contributed by atoms with Crippen LogP contribution in [0.3, 0.4) is 0 Å². The first-order valence-corrected chi connectivity index (χ1v) is 9.97. The molecule has 2 heterocycles. The molecule has 0 radical (unpaired) electrons. The van der Waals surface area contributed by atoms with E-state index in [1.807, 2.05) is 30.0 Å². The highest BCUT2D eigenvalue weighted by molar-refractivity contribution is 9.10. The van der Waals surface area contributed by atoms with Crippen LogP contribution in [-0.4, -0.2) is 67.6 Å². The number of hydrogen-bond donors (Lipinski definition) is 1. The minimum Gasteiger partial charge on any atom is -0.378 e. The number of halogens is 1. The van der Waals surface area contributed by atoms with Crippen LogP contribution in [0.15, 0.2) is 22.7 Å². The van der Waals surface area contributed by atoms with Crippen molar-refractivity contribution in [1.82, 2.24) is 9.80 Å². The van der Waals surface area contributed by atoms with Crippen molar-refractivity contribution in [2.24, 2.45) is 5.92 Å². The van der Waals surface area contributed by atoms with Gasteiger partial charge in [-0.2, -0.15) is 0 Å². The van der Waals surface area contributed by atoms with E-state index in [4.69, 9.17) is 4.74 Å². The molecule has 7 heteroatoms. The van der Waals surface area contributed by atoms with E-state index in [-0.39, 0.29) is 17.7 Å². The van der Waals surface area contributed by atoms with Crippen LogP contribution in [0.2, 0.25) is 0 Å². The molecule has 2 aliphatic rings. The van der Waals surface area contributed by atoms with Crippen LogP contribution in [0, 0.1) is 12.8 Å². The lowest BCUT2D eigenvalue weighted by molar-refractivity contribution is -0.141. The van der Waals surface area contributed by atoms with Crippen molar-refractivity contribution in [1.29, 1.82) is 0 Å². The molecule has 2 amide bonds. The first kappa shape index (κ1) is 19.3. The molecule has 2 aliphatic heterocycles. The van der Waals surface area contributed by atoms with Gasteiger partial charge in [0.15, 0.2) is 0 Å². The number of benzene rings is 1. The molecule has 1 aromatic carbocycles. The Labute approximate surface area is 163 Å². The Hall–Kier alpha value is -1.44. The Balaban J connectivity index is 1.44. The van der Waals surface area contributed by atoms with Crippen molar-refractivity contribution in [2.45, 2.75) is 19.8 Å². The standard InChI is InChI=1S/C19H26BrN3O3/c1-14-12-16(20)2-3-17(14)21-18(24)13-22-6-4-15(5-7-22)19(25)23-8-10-26-11-9-23/h2-3,12,15H,4-11,13H2,1H3,(H,21,24). The Morgan fingerprint density at radius 3 is 2.54 bits per heavy atom. The van der Waals surface area contributed by atoms with E-state index in [1.54, 1.807) is 0 Å². The quantitative estimate of drug-likeness (QED) is 0.806. The summed E-state index contributed by atoms with van der Waals surface area (Å²) in [5.41, 5.74) is 1.87. The third-order valence-corrected chi connectivity index (χ3v) is 5.58. The Kier molecular flexibility index (Phi) is 6.67. The summed E-state index contributed by atoms with van der Waals surface area (Å²) in [5.74, 6) is 0.331. The van der Waals surface area contributed by atoms with Gasteiger partial charge in [0.05, 0.1) is 19.8 Å². The topological polar surface area (TPSA) is 61.9 Å². The molecule has 0 saturated carbocycles. The molecule has 1 aromatic rings. The molecule has 0 atom stereocenters. The number of piperidine rings is 1. The first-order valence-electron chi connectivity index (χ1n) is 9.18. The van der Waals surface area contributed by atoms with Crippen molar-refractivity contribution in [3.8, 4) is 0 Å². The highest BCUT2D eigenvalue weighted by atomic mass is 79.9. The molecule has 2 fully saturated rings. The lowest BCUT2D eigenvalue weighted by Crippen LogP contribution is -2.47. The SMILES string of the molecule is Cc1cc(Br)ccc1NC(=O)CN1CCC(C(=O)N2CCOCC2)CC1. The highest BCUT2D eigenvalue weighted by Crippen LogP contribution is 2.22. The molecule has 142 valence electrons. The number of amides is 2. The molecule has 6 nitrogen and oxygen atoms in total. The molecule has 0 unspecified atom stereocenters. The minimum absolute atomic E-state index is 0.00613. The summed E-state index contributed by atoms with van der Waals surface area (Å²) in [7, 11) is 0. The van der Waals surface area contributed by atoms with Crippen LogP contribution < -0.4 is 5.32 Å². The van der Waals surface area contributed by atoms with Gasteiger partial charge >= 0.3 is 0 Å². The maximum atomic E-state index is 12.6. The van der Waals surface area contributed by atoms with Crippen molar-refractivity contribution in [3.05, 3.63) is 28.2 Å². The average molecular weight is 424 g/mol. The number of ether oxygens (including phenoxy) is 1. The van der Waals surface area contributed by atoms with Gasteiger partial charge in [0.2, 0.25) is 11.8 Å². The predicted molar refractivity (Wildman–Crippen MR) is 104 cm³/mol. The van der Waals surface area contributed by atoms with Crippen LogP contribution >= 0.6 is 15.9 Å². The highest BCUT2D eigenvalue weighted by Gasteiger charge is 2.29. The number of nitrogens with one attached hydrogen (secondary N) is 1. The number of hydrogen-bond acceptors (Lipinski definition) is 4. The second-order valence-electron chi connectivity index (χ2n) is 7.00. The summed E-state index contributed by atoms with van der Waals surface area (Å²) >= 11 is 3.43. The molecule has 0 aliphatic carbocycles. The van der Waals surface area contributed by atoms with Crippen molar-refractivity contribution >= 4 is 33.4 Å². The Morgan fingerprint density at radius 2 is 1.88 bits per heavy atom. The summed E-state index contributed by atoms with van der Waals surface area (Å²) in [4.78, 5) is 28.9. The summed E-state index contributed by atoms with van der Waals surface area (Å²) in [6, 6.07) is 5.81. The van der Waals surface area contributed by atoms with E-state index in [1.165, 1.54) is 0 Å². The number of likely N-dealkylation sites (tertiary alicyclic amines) is 1. The predicted octanol–water partition coefficient (Wildman–Crippen LogP) is 2.27. The molecule has 26 heavy (non-hydrogen) atoms. The van der Waals surface area contributed by atoms with Gasteiger partial charge < -0.3 is 15.0 Å². The largest absolute Gasteiger partial charge is 0.378 e. The van der Waals surface area contributed by atoms with Crippen molar-refractivity contribution in [2.75, 3.05) is 51.3 Å². The maximum absolute atomic E-state index is 12.6. The summed E-state index contributed by atoms with van der Waals surface area (Å²) in [5, 5.41) is 2.98. The molecule has 2 saturated heterocycles. The van der Waals surface area contributed by atoms with Gasteiger partial charge in [-0.1, -0.05) is 15.9 Å². The molecule has 0 spiro atoms. The smallest absolute Gasteiger partial charge is 0.238 e. The van der Waals surface area contributed by atoms with Gasteiger partial charge in [-0.05, 0) is 56.6 Å². The van der Waals surface area contributed by atoms with Crippen LogP contribution in [0.4, 0.5) is 5.69 Å². The summed E-state index contributed by atoms with van der Waals surface area (Å²) < 4.78 is 6.31. The molecule has 3 rings (SSSR count). The van der Waals surface area contributed by atoms with Crippen molar-refractivity contribution < 1.29 is 14.3 Å². The monoisotopic (exact) mass is 423 g/mol. The number of nitrogens with zero attached hydrogens (tertiary/aromatic N) is 2. The third-order valence-electron chi connectivity index (χ3n) is 5.09. The molecule has 1 N–H and O–H groups in total. The fraction of sp³-hybridized carbons (Fsp3) is 0.579. The van der Waals surface area contributed by atoms with Gasteiger partial charge in [0, 0.05) is 29.2 Å². The molecular formula is C19H26BrN3O3. The fourth-order valence-electron chi connectivity index (χ4n) is 3.54. The summed E-state index contributed by atoms with van der Waals surface area (Å²) in [6.45, 7) is 6.60. The third kappa shape index (κ3) is 5.05. The lowest BCUT2D eigenvalue weighted by Gasteiger charge is -2.35. The minimum atomic E-state index is -0.00613. The average Bonchev–Trinajstić information content (AvgIpc) is 2.65. The van der Waals surface area contributed by atoms with E-state index < -0.39 is 0 Å². The number of rotatable bonds is 4. The zero-order valence-corrected chi connectivity index (χ0v) is 16.8. The van der Waals surface area contributed by atoms with E-state index in [9.17, 15) is 9.59 Å². The van der Waals surface area contributed by atoms with E-state index in [0.717, 1.165) is 41.7 Å². The van der Waals surface area contributed by atoms with Crippen LogP contribution in [0.25, 0.3) is 0 Å². The lowest BCUT2D eigenvalue weighted by atomic mass is 9.95. The Bertz CT molecular complexity index is 653. The number of carbonyl (C=O) groups is 2. The van der Waals surface area contributed by atoms with Crippen LogP contribution in [-0.2, 0) is 14.3 Å². The summed E-state index contributed by atoms with van der Waals surface area (Å²) in [6.07, 6.45) is 1.64. The van der Waals surface area contributed by atoms with Crippen LogP contribution in [0.5, 0.6) is 0 Å². The van der Waals surface area contributed by atoms with Crippen molar-refractivity contribution in [3.63, 3.8) is 0 Å². The van der Waals surface area contributed by atoms with Gasteiger partial charge in [-0.15, -0.1) is 0 Å². The number of aryl methyl sites for hydroxylation is 1. The Morgan fingerprint density at radius 1 is 1.19 bits per heavy atom.